The van der Waals surface area contributed by atoms with Gasteiger partial charge in [0.1, 0.15) is 5.75 Å². The largest absolute Gasteiger partial charge is 0.497 e. The minimum Gasteiger partial charge on any atom is -0.497 e. The van der Waals surface area contributed by atoms with Crippen LogP contribution >= 0.6 is 11.3 Å². The number of methoxy groups -OCH3 is 1. The minimum atomic E-state index is -0.406. The third kappa shape index (κ3) is 3.57. The van der Waals surface area contributed by atoms with Crippen LogP contribution < -0.4 is 14.4 Å². The highest BCUT2D eigenvalue weighted by atomic mass is 32.1. The fraction of sp³-hybridized carbons (Fsp3) is 0.182. The molecule has 0 N–H and O–H groups in total. The summed E-state index contributed by atoms with van der Waals surface area (Å²) in [6.07, 6.45) is 2.18. The van der Waals surface area contributed by atoms with Gasteiger partial charge in [-0.15, -0.1) is 6.58 Å². The number of fused-ring (bicyclic) bond motifs is 1. The number of amides is 3. The monoisotopic (exact) mass is 421 g/mol. The van der Waals surface area contributed by atoms with Gasteiger partial charge in [-0.25, -0.2) is 0 Å². The van der Waals surface area contributed by atoms with E-state index in [1.54, 1.807) is 37.5 Å². The maximum Gasteiger partial charge on any atom is 0.279 e. The number of ether oxygens (including phenoxy) is 1. The summed E-state index contributed by atoms with van der Waals surface area (Å²) in [5.41, 5.74) is 1.78. The fourth-order valence-corrected chi connectivity index (χ4v) is 4.41. The lowest BCUT2D eigenvalue weighted by atomic mass is 10.2. The lowest BCUT2D eigenvalue weighted by molar-refractivity contribution is -0.121. The van der Waals surface area contributed by atoms with E-state index in [1.807, 2.05) is 22.8 Å². The van der Waals surface area contributed by atoms with Crippen molar-refractivity contribution in [3.63, 3.8) is 0 Å². The molecule has 0 atom stereocenters. The number of hydrogen-bond acceptors (Lipinski definition) is 5. The van der Waals surface area contributed by atoms with Gasteiger partial charge < -0.3 is 9.30 Å². The second-order valence-electron chi connectivity index (χ2n) is 6.70. The van der Waals surface area contributed by atoms with Gasteiger partial charge in [0.25, 0.3) is 5.91 Å². The molecule has 0 aliphatic carbocycles. The quantitative estimate of drug-likeness (QED) is 0.468. The number of carbonyl (C=O) groups is 3. The number of hydrogen-bond donors (Lipinski definition) is 0. The number of allylic oxidation sites excluding steroid dienone is 1. The Morgan fingerprint density at radius 3 is 2.50 bits per heavy atom. The van der Waals surface area contributed by atoms with Crippen LogP contribution in [0.25, 0.3) is 10.2 Å². The van der Waals surface area contributed by atoms with Crippen LogP contribution in [-0.4, -0.2) is 29.4 Å². The van der Waals surface area contributed by atoms with E-state index in [1.165, 1.54) is 11.3 Å². The summed E-state index contributed by atoms with van der Waals surface area (Å²) in [6, 6.07) is 12.0. The molecule has 152 valence electrons. The van der Waals surface area contributed by atoms with Crippen molar-refractivity contribution in [2.75, 3.05) is 12.0 Å². The van der Waals surface area contributed by atoms with Crippen LogP contribution in [0.1, 0.15) is 23.2 Å². The van der Waals surface area contributed by atoms with Crippen molar-refractivity contribution in [2.24, 2.45) is 4.99 Å². The van der Waals surface area contributed by atoms with E-state index in [0.29, 0.717) is 22.6 Å². The first-order valence-corrected chi connectivity index (χ1v) is 10.2. The minimum absolute atomic E-state index is 0.217. The Bertz CT molecular complexity index is 1220. The van der Waals surface area contributed by atoms with Gasteiger partial charge in [-0.3, -0.25) is 19.3 Å². The van der Waals surface area contributed by atoms with Crippen LogP contribution in [0.5, 0.6) is 5.75 Å². The molecule has 1 saturated heterocycles. The van der Waals surface area contributed by atoms with Gasteiger partial charge in [-0.2, -0.15) is 4.99 Å². The highest BCUT2D eigenvalue weighted by Gasteiger charge is 2.30. The van der Waals surface area contributed by atoms with Gasteiger partial charge in [0.05, 0.1) is 23.0 Å². The van der Waals surface area contributed by atoms with Crippen LogP contribution in [0.2, 0.25) is 0 Å². The Morgan fingerprint density at radius 1 is 1.17 bits per heavy atom. The van der Waals surface area contributed by atoms with Crippen LogP contribution in [0.3, 0.4) is 0 Å². The van der Waals surface area contributed by atoms with Crippen molar-refractivity contribution in [2.45, 2.75) is 19.4 Å². The zero-order valence-electron chi connectivity index (χ0n) is 16.3. The Morgan fingerprint density at radius 2 is 1.87 bits per heavy atom. The number of carbonyl (C=O) groups excluding carboxylic acids is 3. The molecule has 0 saturated carbocycles. The van der Waals surface area contributed by atoms with Crippen molar-refractivity contribution in [3.05, 3.63) is 65.5 Å². The van der Waals surface area contributed by atoms with Gasteiger partial charge in [0.15, 0.2) is 4.80 Å². The molecule has 0 spiro atoms. The van der Waals surface area contributed by atoms with Crippen molar-refractivity contribution < 1.29 is 19.1 Å². The van der Waals surface area contributed by atoms with Gasteiger partial charge >= 0.3 is 0 Å². The van der Waals surface area contributed by atoms with E-state index in [4.69, 9.17) is 4.74 Å². The molecule has 8 heteroatoms. The lowest BCUT2D eigenvalue weighted by Crippen LogP contribution is -2.28. The number of aromatic nitrogens is 1. The molecule has 0 bridgehead atoms. The summed E-state index contributed by atoms with van der Waals surface area (Å²) in [5.74, 6) is -0.129. The summed E-state index contributed by atoms with van der Waals surface area (Å²) in [5, 5.41) is 0. The average molecular weight is 421 g/mol. The molecule has 1 aliphatic rings. The summed E-state index contributed by atoms with van der Waals surface area (Å²) >= 11 is 1.39. The number of thiazole rings is 1. The highest BCUT2D eigenvalue weighted by molar-refractivity contribution is 7.16. The van der Waals surface area contributed by atoms with E-state index in [2.05, 4.69) is 11.6 Å². The van der Waals surface area contributed by atoms with E-state index in [-0.39, 0.29) is 24.7 Å². The second kappa shape index (κ2) is 8.08. The molecule has 1 fully saturated rings. The van der Waals surface area contributed by atoms with Gasteiger partial charge in [-0.05, 0) is 42.5 Å². The molecule has 2 aromatic carbocycles. The van der Waals surface area contributed by atoms with Crippen molar-refractivity contribution in [1.82, 2.24) is 4.57 Å². The molecule has 2 heterocycles. The summed E-state index contributed by atoms with van der Waals surface area (Å²) < 4.78 is 8.14. The molecule has 0 unspecified atom stereocenters. The first kappa shape index (κ1) is 19.8. The molecule has 3 aromatic rings. The van der Waals surface area contributed by atoms with Gasteiger partial charge in [0, 0.05) is 24.9 Å². The zero-order chi connectivity index (χ0) is 21.3. The molecule has 7 nitrogen and oxygen atoms in total. The topological polar surface area (TPSA) is 81.0 Å². The predicted molar refractivity (Wildman–Crippen MR) is 115 cm³/mol. The van der Waals surface area contributed by atoms with Crippen LogP contribution in [-0.2, 0) is 16.1 Å². The van der Waals surface area contributed by atoms with Gasteiger partial charge in [-0.1, -0.05) is 17.4 Å². The van der Waals surface area contributed by atoms with E-state index in [9.17, 15) is 14.4 Å². The van der Waals surface area contributed by atoms with E-state index in [0.717, 1.165) is 20.9 Å². The molecule has 3 amide bonds. The fourth-order valence-electron chi connectivity index (χ4n) is 3.34. The van der Waals surface area contributed by atoms with Crippen molar-refractivity contribution in [3.8, 4) is 5.75 Å². The SMILES string of the molecule is C=CCn1c(=NC(=O)c2ccc(N3C(=O)CCC3=O)cc2)sc2cc(OC)ccc21. The second-order valence-corrected chi connectivity index (χ2v) is 7.71. The van der Waals surface area contributed by atoms with Crippen LogP contribution in [0, 0.1) is 0 Å². The number of imide groups is 1. The van der Waals surface area contributed by atoms with Crippen molar-refractivity contribution >= 4 is 45.0 Å². The highest BCUT2D eigenvalue weighted by Crippen LogP contribution is 2.24. The first-order chi connectivity index (χ1) is 14.5. The maximum absolute atomic E-state index is 12.8. The average Bonchev–Trinajstić information content (AvgIpc) is 3.27. The van der Waals surface area contributed by atoms with Crippen LogP contribution in [0.15, 0.2) is 60.1 Å². The predicted octanol–water partition coefficient (Wildman–Crippen LogP) is 3.29. The zero-order valence-corrected chi connectivity index (χ0v) is 17.1. The van der Waals surface area contributed by atoms with E-state index < -0.39 is 5.91 Å². The molecular weight excluding hydrogens is 402 g/mol. The Labute approximate surface area is 176 Å². The molecule has 4 rings (SSSR count). The molecule has 30 heavy (non-hydrogen) atoms. The maximum atomic E-state index is 12.8. The third-order valence-electron chi connectivity index (χ3n) is 4.82. The lowest BCUT2D eigenvalue weighted by Gasteiger charge is -2.13. The van der Waals surface area contributed by atoms with E-state index >= 15 is 0 Å². The number of benzene rings is 2. The third-order valence-corrected chi connectivity index (χ3v) is 5.86. The molecule has 1 aromatic heterocycles. The Balaban J connectivity index is 1.69. The Kier molecular flexibility index (Phi) is 5.33. The summed E-state index contributed by atoms with van der Waals surface area (Å²) in [7, 11) is 1.61. The Hall–Kier alpha value is -3.52. The number of nitrogens with zero attached hydrogens (tertiary/aromatic N) is 3. The standard InChI is InChI=1S/C22H19N3O4S/c1-3-12-24-17-9-8-16(29-2)13-18(17)30-22(24)23-21(28)14-4-6-15(7-5-14)25-19(26)10-11-20(25)27/h3-9,13H,1,10-12H2,2H3. The molecular formula is C22H19N3O4S. The summed E-state index contributed by atoms with van der Waals surface area (Å²) in [4.78, 5) is 42.5. The first-order valence-electron chi connectivity index (χ1n) is 9.35. The summed E-state index contributed by atoms with van der Waals surface area (Å²) in [6.45, 7) is 4.30. The van der Waals surface area contributed by atoms with Crippen molar-refractivity contribution in [1.29, 1.82) is 0 Å². The molecule has 1 aliphatic heterocycles. The van der Waals surface area contributed by atoms with Crippen LogP contribution in [0.4, 0.5) is 5.69 Å². The normalized spacial score (nSPS) is 14.6. The number of rotatable bonds is 5. The number of anilines is 1. The smallest absolute Gasteiger partial charge is 0.279 e. The van der Waals surface area contributed by atoms with Gasteiger partial charge in [0.2, 0.25) is 11.8 Å². The molecule has 0 radical (unpaired) electrons.